The highest BCUT2D eigenvalue weighted by Gasteiger charge is 2.34. The highest BCUT2D eigenvalue weighted by atomic mass is 32.2. The first-order valence-electron chi connectivity index (χ1n) is 8.32. The first-order chi connectivity index (χ1) is 11.9. The molecule has 1 fully saturated rings. The molecule has 0 bridgehead atoms. The average Bonchev–Trinajstić information content (AvgIpc) is 2.60. The molecule has 1 aliphatic rings. The maximum atomic E-state index is 12.0. The number of aromatic nitrogens is 2. The van der Waals surface area contributed by atoms with Crippen LogP contribution in [0.3, 0.4) is 0 Å². The van der Waals surface area contributed by atoms with Crippen LogP contribution in [0.25, 0.3) is 0 Å². The molecule has 0 spiro atoms. The van der Waals surface area contributed by atoms with Gasteiger partial charge >= 0.3 is 0 Å². The smallest absolute Gasteiger partial charge is 0.180 e. The van der Waals surface area contributed by atoms with Crippen LogP contribution in [0.4, 0.5) is 5.82 Å². The fourth-order valence-electron chi connectivity index (χ4n) is 3.23. The summed E-state index contributed by atoms with van der Waals surface area (Å²) in [5, 5.41) is 3.28. The average molecular weight is 361 g/mol. The van der Waals surface area contributed by atoms with Crippen LogP contribution < -0.4 is 5.32 Å². The van der Waals surface area contributed by atoms with Crippen molar-refractivity contribution in [2.24, 2.45) is 0 Å². The number of rotatable bonds is 5. The van der Waals surface area contributed by atoms with Gasteiger partial charge in [-0.2, -0.15) is 0 Å². The minimum absolute atomic E-state index is 0.104. The normalized spacial score (nSPS) is 17.2. The van der Waals surface area contributed by atoms with Crippen molar-refractivity contribution in [1.29, 1.82) is 0 Å². The Hall–Kier alpha value is -1.99. The van der Waals surface area contributed by atoms with Crippen LogP contribution >= 0.6 is 0 Å². The van der Waals surface area contributed by atoms with Crippen LogP contribution in [-0.4, -0.2) is 44.4 Å². The third-order valence-corrected chi connectivity index (χ3v) is 5.80. The summed E-state index contributed by atoms with van der Waals surface area (Å²) in [6.45, 7) is 3.73. The number of anilines is 1. The molecule has 1 aromatic heterocycles. The quantitative estimate of drug-likeness (QED) is 0.880. The lowest BCUT2D eigenvalue weighted by Gasteiger charge is -2.38. The van der Waals surface area contributed by atoms with E-state index >= 15 is 0 Å². The summed E-state index contributed by atoms with van der Waals surface area (Å²) in [6, 6.07) is 10.3. The predicted molar refractivity (Wildman–Crippen MR) is 96.5 cm³/mol. The van der Waals surface area contributed by atoms with Crippen LogP contribution in [0.2, 0.25) is 0 Å². The Kier molecular flexibility index (Phi) is 5.06. The van der Waals surface area contributed by atoms with Crippen molar-refractivity contribution in [2.75, 3.05) is 31.3 Å². The van der Waals surface area contributed by atoms with Gasteiger partial charge in [0.2, 0.25) is 0 Å². The van der Waals surface area contributed by atoms with E-state index in [9.17, 15) is 8.42 Å². The lowest BCUT2D eigenvalue weighted by atomic mass is 9.74. The van der Waals surface area contributed by atoms with E-state index < -0.39 is 9.84 Å². The number of hydrogen-bond donors (Lipinski definition) is 1. The molecule has 0 saturated carbocycles. The fraction of sp³-hybridized carbons (Fsp3) is 0.444. The molecule has 7 heteroatoms. The maximum Gasteiger partial charge on any atom is 0.180 e. The summed E-state index contributed by atoms with van der Waals surface area (Å²) in [4.78, 5) is 8.48. The maximum absolute atomic E-state index is 12.0. The van der Waals surface area contributed by atoms with Crippen molar-refractivity contribution < 1.29 is 13.2 Å². The van der Waals surface area contributed by atoms with Gasteiger partial charge in [0.05, 0.1) is 6.20 Å². The van der Waals surface area contributed by atoms with Gasteiger partial charge < -0.3 is 10.1 Å². The van der Waals surface area contributed by atoms with Crippen LogP contribution in [0, 0.1) is 6.92 Å². The molecule has 2 heterocycles. The molecule has 6 nitrogen and oxygen atoms in total. The summed E-state index contributed by atoms with van der Waals surface area (Å²) in [5.74, 6) is 0.910. The third-order valence-electron chi connectivity index (χ3n) is 4.71. The lowest BCUT2D eigenvalue weighted by Crippen LogP contribution is -2.40. The largest absolute Gasteiger partial charge is 0.381 e. The molecule has 2 aromatic rings. The molecule has 0 unspecified atom stereocenters. The van der Waals surface area contributed by atoms with Crippen molar-refractivity contribution in [3.8, 4) is 0 Å². The van der Waals surface area contributed by atoms with Gasteiger partial charge in [-0.05, 0) is 25.3 Å². The number of benzene rings is 1. The van der Waals surface area contributed by atoms with E-state index in [0.717, 1.165) is 12.8 Å². The zero-order valence-electron chi connectivity index (χ0n) is 14.5. The summed E-state index contributed by atoms with van der Waals surface area (Å²) in [7, 11) is -3.40. The van der Waals surface area contributed by atoms with E-state index in [2.05, 4.69) is 27.4 Å². The first kappa shape index (κ1) is 17.8. The van der Waals surface area contributed by atoms with Crippen LogP contribution in [-0.2, 0) is 20.0 Å². The number of sulfone groups is 1. The standard InChI is InChI=1S/C18H23N3O3S/c1-14-19-12-16(25(2,22)23)17(21-14)20-13-18(8-10-24-11-9-18)15-6-4-3-5-7-15/h3-7,12H,8-11,13H2,1-2H3,(H,19,20,21). The van der Waals surface area contributed by atoms with Gasteiger partial charge in [-0.1, -0.05) is 30.3 Å². The highest BCUT2D eigenvalue weighted by Crippen LogP contribution is 2.35. The van der Waals surface area contributed by atoms with E-state index in [-0.39, 0.29) is 10.3 Å². The Balaban J connectivity index is 1.92. The van der Waals surface area contributed by atoms with E-state index in [0.29, 0.717) is 31.4 Å². The van der Waals surface area contributed by atoms with Crippen molar-refractivity contribution in [2.45, 2.75) is 30.1 Å². The Bertz CT molecular complexity index is 832. The topological polar surface area (TPSA) is 81.2 Å². The molecule has 1 N–H and O–H groups in total. The van der Waals surface area contributed by atoms with Crippen LogP contribution in [0.5, 0.6) is 0 Å². The van der Waals surface area contributed by atoms with Gasteiger partial charge in [-0.15, -0.1) is 0 Å². The van der Waals surface area contributed by atoms with Crippen LogP contribution in [0.15, 0.2) is 41.4 Å². The molecule has 0 amide bonds. The van der Waals surface area contributed by atoms with E-state index in [1.807, 2.05) is 18.2 Å². The third kappa shape index (κ3) is 3.99. The molecule has 0 radical (unpaired) electrons. The minimum atomic E-state index is -3.40. The van der Waals surface area contributed by atoms with Crippen molar-refractivity contribution in [3.05, 3.63) is 47.9 Å². The monoisotopic (exact) mass is 361 g/mol. The summed E-state index contributed by atoms with van der Waals surface area (Å²) in [5.41, 5.74) is 1.13. The molecule has 0 atom stereocenters. The molecular weight excluding hydrogens is 338 g/mol. The molecule has 1 aliphatic heterocycles. The molecule has 134 valence electrons. The molecule has 1 aromatic carbocycles. The van der Waals surface area contributed by atoms with Gasteiger partial charge in [0.15, 0.2) is 9.84 Å². The number of hydrogen-bond acceptors (Lipinski definition) is 6. The van der Waals surface area contributed by atoms with Crippen molar-refractivity contribution in [3.63, 3.8) is 0 Å². The molecular formula is C18H23N3O3S. The summed E-state index contributed by atoms with van der Waals surface area (Å²) in [6.07, 6.45) is 4.30. The number of nitrogens with one attached hydrogen (secondary N) is 1. The zero-order chi connectivity index (χ0) is 17.9. The number of nitrogens with zero attached hydrogens (tertiary/aromatic N) is 2. The van der Waals surface area contributed by atoms with E-state index in [1.165, 1.54) is 18.0 Å². The van der Waals surface area contributed by atoms with E-state index in [1.54, 1.807) is 6.92 Å². The number of ether oxygens (including phenoxy) is 1. The highest BCUT2D eigenvalue weighted by molar-refractivity contribution is 7.90. The SMILES string of the molecule is Cc1ncc(S(C)(=O)=O)c(NCC2(c3ccccc3)CCOCC2)n1. The lowest BCUT2D eigenvalue weighted by molar-refractivity contribution is 0.0543. The van der Waals surface area contributed by atoms with Crippen molar-refractivity contribution in [1.82, 2.24) is 9.97 Å². The second kappa shape index (κ2) is 7.09. The zero-order valence-corrected chi connectivity index (χ0v) is 15.3. The van der Waals surface area contributed by atoms with Gasteiger partial charge in [0.25, 0.3) is 0 Å². The fourth-order valence-corrected chi connectivity index (χ4v) is 3.94. The Morgan fingerprint density at radius 3 is 2.52 bits per heavy atom. The van der Waals surface area contributed by atoms with E-state index in [4.69, 9.17) is 4.74 Å². The van der Waals surface area contributed by atoms with Gasteiger partial charge in [0.1, 0.15) is 16.5 Å². The van der Waals surface area contributed by atoms with Crippen molar-refractivity contribution >= 4 is 15.7 Å². The van der Waals surface area contributed by atoms with Gasteiger partial charge in [-0.3, -0.25) is 0 Å². The Labute approximate surface area is 148 Å². The summed E-state index contributed by atoms with van der Waals surface area (Å²) >= 11 is 0. The van der Waals surface area contributed by atoms with Crippen LogP contribution in [0.1, 0.15) is 24.2 Å². The molecule has 3 rings (SSSR count). The number of aryl methyl sites for hydroxylation is 1. The second-order valence-electron chi connectivity index (χ2n) is 6.51. The summed E-state index contributed by atoms with van der Waals surface area (Å²) < 4.78 is 29.6. The Morgan fingerprint density at radius 2 is 1.88 bits per heavy atom. The second-order valence-corrected chi connectivity index (χ2v) is 8.50. The predicted octanol–water partition coefficient (Wildman–Crippen LogP) is 2.35. The molecule has 0 aliphatic carbocycles. The molecule has 25 heavy (non-hydrogen) atoms. The van der Waals surface area contributed by atoms with Gasteiger partial charge in [-0.25, -0.2) is 18.4 Å². The first-order valence-corrected chi connectivity index (χ1v) is 10.2. The van der Waals surface area contributed by atoms with Gasteiger partial charge in [0, 0.05) is 31.4 Å². The Morgan fingerprint density at radius 1 is 1.20 bits per heavy atom. The minimum Gasteiger partial charge on any atom is -0.381 e. The molecule has 1 saturated heterocycles.